The molecule has 0 saturated carbocycles. The van der Waals surface area contributed by atoms with Gasteiger partial charge in [-0.25, -0.2) is 0 Å². The molecule has 8 heteroatoms. The molecule has 1 aliphatic rings. The Hall–Kier alpha value is -2.22. The van der Waals surface area contributed by atoms with Crippen molar-refractivity contribution >= 4 is 17.7 Å². The molecular weight excluding hydrogens is 364 g/mol. The maximum absolute atomic E-state index is 12.3. The number of hydrogen-bond donors (Lipinski definition) is 0. The van der Waals surface area contributed by atoms with Crippen LogP contribution >= 0.6 is 11.8 Å². The summed E-state index contributed by atoms with van der Waals surface area (Å²) in [7, 11) is 0. The Kier molecular flexibility index (Phi) is 6.60. The summed E-state index contributed by atoms with van der Waals surface area (Å²) in [5.41, 5.74) is 0.926. The van der Waals surface area contributed by atoms with Crippen molar-refractivity contribution in [1.82, 2.24) is 19.7 Å². The minimum atomic E-state index is 0.118. The number of benzene rings is 1. The van der Waals surface area contributed by atoms with Crippen LogP contribution in [0, 0.1) is 0 Å². The van der Waals surface area contributed by atoms with Crippen molar-refractivity contribution in [2.24, 2.45) is 0 Å². The monoisotopic (exact) mass is 390 g/mol. The Morgan fingerprint density at radius 2 is 1.89 bits per heavy atom. The first kappa shape index (κ1) is 19.5. The van der Waals surface area contributed by atoms with Gasteiger partial charge in [-0.2, -0.15) is 0 Å². The van der Waals surface area contributed by atoms with Crippen molar-refractivity contribution in [2.45, 2.75) is 38.9 Å². The molecule has 0 unspecified atom stereocenters. The number of rotatable bonds is 7. The van der Waals surface area contributed by atoms with E-state index in [1.54, 1.807) is 0 Å². The Bertz CT molecular complexity index is 789. The number of carbonyl (C=O) groups excluding carboxylic acids is 1. The van der Waals surface area contributed by atoms with Crippen LogP contribution in [0.1, 0.15) is 27.2 Å². The van der Waals surface area contributed by atoms with Crippen LogP contribution in [-0.4, -0.2) is 57.6 Å². The number of nitrogens with zero attached hydrogens (tertiary/aromatic N) is 4. The van der Waals surface area contributed by atoms with Crippen molar-refractivity contribution in [3.63, 3.8) is 0 Å². The van der Waals surface area contributed by atoms with E-state index in [-0.39, 0.29) is 5.91 Å². The van der Waals surface area contributed by atoms with E-state index in [2.05, 4.69) is 10.2 Å². The fourth-order valence-corrected chi connectivity index (χ4v) is 3.90. The SMILES string of the molecule is CCN(CC)C(=O)CSc1nnc(-c2ccc3c(c2)OCCCO3)n1CC. The molecule has 0 N–H and O–H groups in total. The van der Waals surface area contributed by atoms with E-state index in [0.29, 0.717) is 19.0 Å². The average molecular weight is 391 g/mol. The third-order valence-corrected chi connectivity index (χ3v) is 5.43. The Labute approximate surface area is 164 Å². The standard InChI is InChI=1S/C19H26N4O3S/c1-4-22(5-2)17(24)13-27-19-21-20-18(23(19)6-3)14-8-9-15-16(12-14)26-11-7-10-25-15/h8-9,12H,4-7,10-11,13H2,1-3H3. The van der Waals surface area contributed by atoms with Gasteiger partial charge >= 0.3 is 0 Å². The van der Waals surface area contributed by atoms with Gasteiger partial charge in [-0.15, -0.1) is 10.2 Å². The van der Waals surface area contributed by atoms with Crippen LogP contribution < -0.4 is 9.47 Å². The highest BCUT2D eigenvalue weighted by Gasteiger charge is 2.18. The van der Waals surface area contributed by atoms with Crippen LogP contribution in [0.2, 0.25) is 0 Å². The Morgan fingerprint density at radius 3 is 2.59 bits per heavy atom. The third kappa shape index (κ3) is 4.37. The second-order valence-electron chi connectivity index (χ2n) is 6.12. The highest BCUT2D eigenvalue weighted by molar-refractivity contribution is 7.99. The highest BCUT2D eigenvalue weighted by Crippen LogP contribution is 2.34. The molecular formula is C19H26N4O3S. The largest absolute Gasteiger partial charge is 0.490 e. The molecule has 0 spiro atoms. The normalized spacial score (nSPS) is 13.3. The van der Waals surface area contributed by atoms with Crippen molar-refractivity contribution in [2.75, 3.05) is 32.1 Å². The zero-order valence-electron chi connectivity index (χ0n) is 16.1. The first-order valence-corrected chi connectivity index (χ1v) is 10.4. The number of hydrogen-bond acceptors (Lipinski definition) is 6. The van der Waals surface area contributed by atoms with E-state index < -0.39 is 0 Å². The minimum Gasteiger partial charge on any atom is -0.490 e. The van der Waals surface area contributed by atoms with Crippen molar-refractivity contribution < 1.29 is 14.3 Å². The van der Waals surface area contributed by atoms with E-state index in [0.717, 1.165) is 54.1 Å². The second-order valence-corrected chi connectivity index (χ2v) is 7.06. The predicted molar refractivity (Wildman–Crippen MR) is 105 cm³/mol. The summed E-state index contributed by atoms with van der Waals surface area (Å²) in [6.07, 6.45) is 0.872. The van der Waals surface area contributed by atoms with Crippen LogP contribution in [0.4, 0.5) is 0 Å². The molecule has 1 aromatic heterocycles. The number of aromatic nitrogens is 3. The molecule has 1 amide bonds. The van der Waals surface area contributed by atoms with Crippen molar-refractivity contribution in [3.8, 4) is 22.9 Å². The van der Waals surface area contributed by atoms with Crippen molar-refractivity contribution in [3.05, 3.63) is 18.2 Å². The summed E-state index contributed by atoms with van der Waals surface area (Å²) in [4.78, 5) is 14.1. The van der Waals surface area contributed by atoms with E-state index in [4.69, 9.17) is 9.47 Å². The summed E-state index contributed by atoms with van der Waals surface area (Å²) in [5.74, 6) is 2.75. The number of ether oxygens (including phenoxy) is 2. The molecule has 2 aromatic rings. The highest BCUT2D eigenvalue weighted by atomic mass is 32.2. The topological polar surface area (TPSA) is 69.5 Å². The minimum absolute atomic E-state index is 0.118. The zero-order valence-corrected chi connectivity index (χ0v) is 16.9. The summed E-state index contributed by atoms with van der Waals surface area (Å²) in [6.45, 7) is 9.50. The van der Waals surface area contributed by atoms with Crippen molar-refractivity contribution in [1.29, 1.82) is 0 Å². The molecule has 0 radical (unpaired) electrons. The maximum atomic E-state index is 12.3. The summed E-state index contributed by atoms with van der Waals surface area (Å²) in [5, 5.41) is 9.42. The van der Waals surface area contributed by atoms with Gasteiger partial charge in [0, 0.05) is 31.6 Å². The van der Waals surface area contributed by atoms with Crippen LogP contribution in [-0.2, 0) is 11.3 Å². The van der Waals surface area contributed by atoms with Gasteiger partial charge in [0.1, 0.15) is 0 Å². The van der Waals surface area contributed by atoms with E-state index in [9.17, 15) is 4.79 Å². The Morgan fingerprint density at radius 1 is 1.15 bits per heavy atom. The molecule has 146 valence electrons. The average Bonchev–Trinajstić information content (AvgIpc) is 2.95. The van der Waals surface area contributed by atoms with E-state index >= 15 is 0 Å². The molecule has 0 atom stereocenters. The van der Waals surface area contributed by atoms with Gasteiger partial charge in [0.05, 0.1) is 19.0 Å². The fourth-order valence-electron chi connectivity index (χ4n) is 2.99. The fraction of sp³-hybridized carbons (Fsp3) is 0.526. The van der Waals surface area contributed by atoms with Crippen LogP contribution in [0.3, 0.4) is 0 Å². The summed E-state index contributed by atoms with van der Waals surface area (Å²) < 4.78 is 13.5. The molecule has 7 nitrogen and oxygen atoms in total. The molecule has 0 saturated heterocycles. The van der Waals surface area contributed by atoms with Crippen LogP contribution in [0.5, 0.6) is 11.5 Å². The van der Waals surface area contributed by atoms with Gasteiger partial charge in [0.25, 0.3) is 0 Å². The quantitative estimate of drug-likeness (QED) is 0.677. The maximum Gasteiger partial charge on any atom is 0.233 e. The lowest BCUT2D eigenvalue weighted by molar-refractivity contribution is -0.127. The first-order chi connectivity index (χ1) is 13.2. The van der Waals surface area contributed by atoms with Crippen LogP contribution in [0.25, 0.3) is 11.4 Å². The van der Waals surface area contributed by atoms with Gasteiger partial charge in [-0.1, -0.05) is 11.8 Å². The van der Waals surface area contributed by atoms with Gasteiger partial charge < -0.3 is 18.9 Å². The van der Waals surface area contributed by atoms with E-state index in [1.165, 1.54) is 11.8 Å². The number of fused-ring (bicyclic) bond motifs is 1. The third-order valence-electron chi connectivity index (χ3n) is 4.48. The number of thioether (sulfide) groups is 1. The van der Waals surface area contributed by atoms with Gasteiger partial charge in [0.15, 0.2) is 22.5 Å². The molecule has 3 rings (SSSR count). The molecule has 0 aliphatic carbocycles. The van der Waals surface area contributed by atoms with Crippen LogP contribution in [0.15, 0.2) is 23.4 Å². The molecule has 0 fully saturated rings. The molecule has 1 aliphatic heterocycles. The lowest BCUT2D eigenvalue weighted by Crippen LogP contribution is -2.31. The lowest BCUT2D eigenvalue weighted by atomic mass is 10.2. The second kappa shape index (κ2) is 9.12. The molecule has 27 heavy (non-hydrogen) atoms. The Balaban J connectivity index is 1.80. The zero-order chi connectivity index (χ0) is 19.2. The lowest BCUT2D eigenvalue weighted by Gasteiger charge is -2.18. The van der Waals surface area contributed by atoms with E-state index in [1.807, 2.05) is 48.4 Å². The number of amides is 1. The van der Waals surface area contributed by atoms with Gasteiger partial charge in [0.2, 0.25) is 5.91 Å². The summed E-state index contributed by atoms with van der Waals surface area (Å²) in [6, 6.07) is 5.84. The first-order valence-electron chi connectivity index (χ1n) is 9.41. The summed E-state index contributed by atoms with van der Waals surface area (Å²) >= 11 is 1.43. The predicted octanol–water partition coefficient (Wildman–Crippen LogP) is 3.09. The number of carbonyl (C=O) groups is 1. The smallest absolute Gasteiger partial charge is 0.233 e. The molecule has 0 bridgehead atoms. The molecule has 1 aromatic carbocycles. The molecule has 2 heterocycles. The van der Waals surface area contributed by atoms with Gasteiger partial charge in [-0.05, 0) is 39.0 Å². The van der Waals surface area contributed by atoms with Gasteiger partial charge in [-0.3, -0.25) is 4.79 Å².